The SMILES string of the molecule is CNC(=O)c1cc([N+](=O)[O-])ccc1N(C)CC(=O)Nc1ccc(Cl)c(C(F)(F)F)c1. The standard InChI is InChI=1S/C18H16ClF3N4O4/c1-23-17(28)12-8-11(26(29)30)4-6-15(12)25(2)9-16(27)24-10-3-5-14(19)13(7-10)18(20,21)22/h3-8H,9H2,1-2H3,(H,23,28)(H,24,27). The number of rotatable bonds is 6. The summed E-state index contributed by atoms with van der Waals surface area (Å²) >= 11 is 5.55. The van der Waals surface area contributed by atoms with Gasteiger partial charge < -0.3 is 15.5 Å². The van der Waals surface area contributed by atoms with E-state index in [9.17, 15) is 32.9 Å². The van der Waals surface area contributed by atoms with Gasteiger partial charge in [-0.25, -0.2) is 0 Å². The van der Waals surface area contributed by atoms with Crippen molar-refractivity contribution in [2.45, 2.75) is 6.18 Å². The van der Waals surface area contributed by atoms with Gasteiger partial charge in [0.1, 0.15) is 0 Å². The van der Waals surface area contributed by atoms with E-state index in [0.717, 1.165) is 12.1 Å². The minimum atomic E-state index is -4.68. The van der Waals surface area contributed by atoms with Gasteiger partial charge in [-0.15, -0.1) is 0 Å². The van der Waals surface area contributed by atoms with Crippen molar-refractivity contribution in [2.75, 3.05) is 30.9 Å². The van der Waals surface area contributed by atoms with Crippen LogP contribution < -0.4 is 15.5 Å². The number of hydrogen-bond donors (Lipinski definition) is 2. The van der Waals surface area contributed by atoms with Crippen molar-refractivity contribution >= 4 is 40.5 Å². The number of nitrogens with one attached hydrogen (secondary N) is 2. The molecule has 2 N–H and O–H groups in total. The molecule has 0 spiro atoms. The van der Waals surface area contributed by atoms with E-state index in [1.165, 1.54) is 37.2 Å². The van der Waals surface area contributed by atoms with E-state index in [0.29, 0.717) is 6.07 Å². The molecule has 0 aliphatic rings. The summed E-state index contributed by atoms with van der Waals surface area (Å²) in [5, 5.41) is 15.1. The van der Waals surface area contributed by atoms with Crippen molar-refractivity contribution in [1.82, 2.24) is 5.32 Å². The van der Waals surface area contributed by atoms with Gasteiger partial charge in [0.05, 0.1) is 33.3 Å². The fraction of sp³-hybridized carbons (Fsp3) is 0.222. The number of amides is 2. The third kappa shape index (κ3) is 5.38. The van der Waals surface area contributed by atoms with Gasteiger partial charge in [0.25, 0.3) is 11.6 Å². The highest BCUT2D eigenvalue weighted by atomic mass is 35.5. The fourth-order valence-electron chi connectivity index (χ4n) is 2.61. The third-order valence-electron chi connectivity index (χ3n) is 4.01. The van der Waals surface area contributed by atoms with Gasteiger partial charge in [-0.3, -0.25) is 19.7 Å². The molecule has 0 fully saturated rings. The summed E-state index contributed by atoms with van der Waals surface area (Å²) in [5.74, 6) is -1.28. The number of carbonyl (C=O) groups excluding carboxylic acids is 2. The van der Waals surface area contributed by atoms with Gasteiger partial charge in [0.2, 0.25) is 5.91 Å². The average Bonchev–Trinajstić information content (AvgIpc) is 2.67. The van der Waals surface area contributed by atoms with Crippen LogP contribution in [0.3, 0.4) is 0 Å². The molecule has 0 aliphatic heterocycles. The Kier molecular flexibility index (Phi) is 6.88. The minimum Gasteiger partial charge on any atom is -0.365 e. The van der Waals surface area contributed by atoms with Crippen molar-refractivity contribution in [3.05, 3.63) is 62.7 Å². The van der Waals surface area contributed by atoms with Crippen molar-refractivity contribution in [1.29, 1.82) is 0 Å². The molecule has 2 rings (SSSR count). The Morgan fingerprint density at radius 3 is 2.43 bits per heavy atom. The molecule has 0 radical (unpaired) electrons. The first-order valence-corrected chi connectivity index (χ1v) is 8.70. The van der Waals surface area contributed by atoms with Crippen LogP contribution in [-0.4, -0.2) is 37.4 Å². The summed E-state index contributed by atoms with van der Waals surface area (Å²) < 4.78 is 38.8. The lowest BCUT2D eigenvalue weighted by Crippen LogP contribution is -2.32. The number of nitro benzene ring substituents is 1. The molecular weight excluding hydrogens is 429 g/mol. The summed E-state index contributed by atoms with van der Waals surface area (Å²) in [6, 6.07) is 6.49. The Bertz CT molecular complexity index is 998. The maximum absolute atomic E-state index is 12.9. The first-order chi connectivity index (χ1) is 13.9. The number of likely N-dealkylation sites (N-methyl/N-ethyl adjacent to an activating group) is 1. The summed E-state index contributed by atoms with van der Waals surface area (Å²) in [7, 11) is 2.80. The molecule has 0 saturated carbocycles. The first-order valence-electron chi connectivity index (χ1n) is 8.32. The number of nitro groups is 1. The summed E-state index contributed by atoms with van der Waals surface area (Å²) in [6.45, 7) is -0.341. The van der Waals surface area contributed by atoms with Crippen LogP contribution in [0.25, 0.3) is 0 Å². The molecule has 8 nitrogen and oxygen atoms in total. The largest absolute Gasteiger partial charge is 0.417 e. The van der Waals surface area contributed by atoms with Crippen LogP contribution >= 0.6 is 11.6 Å². The molecule has 0 heterocycles. The molecule has 0 atom stereocenters. The predicted molar refractivity (Wildman–Crippen MR) is 105 cm³/mol. The van der Waals surface area contributed by atoms with E-state index in [1.807, 2.05) is 0 Å². The van der Waals surface area contributed by atoms with Crippen LogP contribution in [0.1, 0.15) is 15.9 Å². The molecule has 0 saturated heterocycles. The number of benzene rings is 2. The maximum Gasteiger partial charge on any atom is 0.417 e. The zero-order valence-corrected chi connectivity index (χ0v) is 16.5. The number of anilines is 2. The Hall–Kier alpha value is -3.34. The number of hydrogen-bond acceptors (Lipinski definition) is 5. The van der Waals surface area contributed by atoms with Crippen molar-refractivity contribution in [3.8, 4) is 0 Å². The highest BCUT2D eigenvalue weighted by Crippen LogP contribution is 2.36. The molecule has 2 aromatic rings. The zero-order chi connectivity index (χ0) is 22.6. The second-order valence-electron chi connectivity index (χ2n) is 6.13. The Morgan fingerprint density at radius 1 is 1.20 bits per heavy atom. The number of halogens is 4. The summed E-state index contributed by atoms with van der Waals surface area (Å²) in [6.07, 6.45) is -4.68. The Morgan fingerprint density at radius 2 is 1.87 bits per heavy atom. The number of non-ortho nitro benzene ring substituents is 1. The lowest BCUT2D eigenvalue weighted by Gasteiger charge is -2.21. The quantitative estimate of drug-likeness (QED) is 0.522. The van der Waals surface area contributed by atoms with E-state index < -0.39 is 33.5 Å². The fourth-order valence-corrected chi connectivity index (χ4v) is 2.83. The first kappa shape index (κ1) is 22.9. The molecule has 2 amide bonds. The van der Waals surface area contributed by atoms with Crippen LogP contribution in [0.5, 0.6) is 0 Å². The van der Waals surface area contributed by atoms with E-state index >= 15 is 0 Å². The Labute approximate surface area is 173 Å². The van der Waals surface area contributed by atoms with Crippen molar-refractivity contribution in [3.63, 3.8) is 0 Å². The highest BCUT2D eigenvalue weighted by Gasteiger charge is 2.33. The third-order valence-corrected chi connectivity index (χ3v) is 4.34. The average molecular weight is 445 g/mol. The van der Waals surface area contributed by atoms with Crippen LogP contribution in [-0.2, 0) is 11.0 Å². The van der Waals surface area contributed by atoms with E-state index in [-0.39, 0.29) is 29.2 Å². The van der Waals surface area contributed by atoms with Gasteiger partial charge in [0.15, 0.2) is 0 Å². The number of nitrogens with zero attached hydrogens (tertiary/aromatic N) is 2. The number of carbonyl (C=O) groups is 2. The van der Waals surface area contributed by atoms with Crippen LogP contribution in [0.2, 0.25) is 5.02 Å². The molecule has 160 valence electrons. The highest BCUT2D eigenvalue weighted by molar-refractivity contribution is 6.31. The maximum atomic E-state index is 12.9. The predicted octanol–water partition coefficient (Wildman–Crippen LogP) is 3.70. The smallest absolute Gasteiger partial charge is 0.365 e. The molecule has 0 bridgehead atoms. The molecule has 2 aromatic carbocycles. The van der Waals surface area contributed by atoms with Gasteiger partial charge in [-0.2, -0.15) is 13.2 Å². The van der Waals surface area contributed by atoms with E-state index in [4.69, 9.17) is 11.6 Å². The zero-order valence-electron chi connectivity index (χ0n) is 15.7. The number of alkyl halides is 3. The Balaban J connectivity index is 2.22. The van der Waals surface area contributed by atoms with Gasteiger partial charge in [0, 0.05) is 31.9 Å². The van der Waals surface area contributed by atoms with Crippen molar-refractivity contribution in [2.24, 2.45) is 0 Å². The van der Waals surface area contributed by atoms with Crippen LogP contribution in [0.15, 0.2) is 36.4 Å². The summed E-state index contributed by atoms with van der Waals surface area (Å²) in [4.78, 5) is 36.0. The molecule has 0 aromatic heterocycles. The second-order valence-corrected chi connectivity index (χ2v) is 6.54. The lowest BCUT2D eigenvalue weighted by molar-refractivity contribution is -0.384. The van der Waals surface area contributed by atoms with Crippen molar-refractivity contribution < 1.29 is 27.7 Å². The van der Waals surface area contributed by atoms with E-state index in [2.05, 4.69) is 10.6 Å². The topological polar surface area (TPSA) is 105 Å². The summed E-state index contributed by atoms with van der Waals surface area (Å²) in [5.41, 5.74) is -1.32. The van der Waals surface area contributed by atoms with E-state index in [1.54, 1.807) is 0 Å². The lowest BCUT2D eigenvalue weighted by atomic mass is 10.1. The van der Waals surface area contributed by atoms with Gasteiger partial charge >= 0.3 is 6.18 Å². The van der Waals surface area contributed by atoms with Gasteiger partial charge in [-0.1, -0.05) is 11.6 Å². The van der Waals surface area contributed by atoms with Crippen LogP contribution in [0.4, 0.5) is 30.2 Å². The monoisotopic (exact) mass is 444 g/mol. The molecule has 12 heteroatoms. The molecule has 30 heavy (non-hydrogen) atoms. The van der Waals surface area contributed by atoms with Crippen LogP contribution in [0, 0.1) is 10.1 Å². The van der Waals surface area contributed by atoms with Gasteiger partial charge in [-0.05, 0) is 24.3 Å². The minimum absolute atomic E-state index is 0.0344. The molecule has 0 aliphatic carbocycles. The second kappa shape index (κ2) is 8.99. The molecule has 0 unspecified atom stereocenters. The molecular formula is C18H16ClF3N4O4. The normalized spacial score (nSPS) is 11.0.